The summed E-state index contributed by atoms with van der Waals surface area (Å²) in [4.78, 5) is 35.1. The van der Waals surface area contributed by atoms with E-state index in [-0.39, 0.29) is 24.2 Å². The van der Waals surface area contributed by atoms with E-state index >= 15 is 0 Å². The van der Waals surface area contributed by atoms with Crippen LogP contribution in [0.5, 0.6) is 0 Å². The van der Waals surface area contributed by atoms with Crippen LogP contribution in [0.15, 0.2) is 18.2 Å². The monoisotopic (exact) mass is 266 g/mol. The summed E-state index contributed by atoms with van der Waals surface area (Å²) in [6.45, 7) is 0.0617. The fourth-order valence-electron chi connectivity index (χ4n) is 1.76. The average molecular weight is 266 g/mol. The molecular weight excluding hydrogens is 255 g/mol. The number of nitrogens with one attached hydrogen (secondary N) is 1. The first-order valence-electron chi connectivity index (χ1n) is 5.52. The Bertz CT molecular complexity index is 559. The lowest BCUT2D eigenvalue weighted by atomic mass is 10.1. The molecule has 1 heterocycles. The topological polar surface area (TPSA) is 75.7 Å². The molecule has 1 N–H and O–H groups in total. The smallest absolute Gasteiger partial charge is 0.337 e. The molecule has 1 fully saturated rings. The minimum atomic E-state index is -0.711. The van der Waals surface area contributed by atoms with Crippen LogP contribution in [0.25, 0.3) is 0 Å². The SMILES string of the molecule is COC(=O)c1ccc(F)c(N2CCC(=O)NC2=O)c1. The first-order chi connectivity index (χ1) is 9.02. The van der Waals surface area contributed by atoms with Gasteiger partial charge in [-0.15, -0.1) is 0 Å². The first kappa shape index (κ1) is 13.0. The van der Waals surface area contributed by atoms with Crippen LogP contribution in [0.2, 0.25) is 0 Å². The summed E-state index contributed by atoms with van der Waals surface area (Å²) in [6.07, 6.45) is 0.0770. The average Bonchev–Trinajstić information content (AvgIpc) is 2.39. The predicted octanol–water partition coefficient (Wildman–Crippen LogP) is 1.06. The van der Waals surface area contributed by atoms with Crippen molar-refractivity contribution < 1.29 is 23.5 Å². The van der Waals surface area contributed by atoms with Gasteiger partial charge in [-0.25, -0.2) is 14.0 Å². The summed E-state index contributed by atoms with van der Waals surface area (Å²) in [5.41, 5.74) is 0.0662. The highest BCUT2D eigenvalue weighted by molar-refractivity contribution is 6.06. The normalized spacial score (nSPS) is 15.2. The molecule has 0 aliphatic carbocycles. The van der Waals surface area contributed by atoms with Crippen molar-refractivity contribution in [1.82, 2.24) is 5.32 Å². The van der Waals surface area contributed by atoms with Crippen molar-refractivity contribution in [2.75, 3.05) is 18.6 Å². The van der Waals surface area contributed by atoms with E-state index in [1.165, 1.54) is 19.2 Å². The predicted molar refractivity (Wildman–Crippen MR) is 63.2 cm³/mol. The van der Waals surface area contributed by atoms with Crippen LogP contribution in [-0.4, -0.2) is 31.6 Å². The first-order valence-corrected chi connectivity index (χ1v) is 5.52. The molecule has 7 heteroatoms. The molecule has 1 aromatic rings. The summed E-state index contributed by atoms with van der Waals surface area (Å²) in [5.74, 6) is -1.70. The Morgan fingerprint density at radius 3 is 2.79 bits per heavy atom. The van der Waals surface area contributed by atoms with Crippen molar-refractivity contribution in [2.24, 2.45) is 0 Å². The van der Waals surface area contributed by atoms with Gasteiger partial charge in [-0.05, 0) is 18.2 Å². The molecule has 1 aliphatic rings. The van der Waals surface area contributed by atoms with E-state index in [0.717, 1.165) is 11.0 Å². The maximum atomic E-state index is 13.7. The van der Waals surface area contributed by atoms with Crippen molar-refractivity contribution in [1.29, 1.82) is 0 Å². The summed E-state index contributed by atoms with van der Waals surface area (Å²) in [6, 6.07) is 2.84. The number of hydrogen-bond acceptors (Lipinski definition) is 4. The number of methoxy groups -OCH3 is 1. The van der Waals surface area contributed by atoms with Gasteiger partial charge in [0.1, 0.15) is 5.82 Å². The Labute approximate surface area is 108 Å². The van der Waals surface area contributed by atoms with Crippen molar-refractivity contribution in [2.45, 2.75) is 6.42 Å². The molecule has 0 bridgehead atoms. The second-order valence-corrected chi connectivity index (χ2v) is 3.91. The minimum absolute atomic E-state index is 0.0617. The number of rotatable bonds is 2. The van der Waals surface area contributed by atoms with Gasteiger partial charge >= 0.3 is 12.0 Å². The number of imide groups is 1. The maximum absolute atomic E-state index is 13.7. The van der Waals surface area contributed by atoms with Crippen LogP contribution in [0.4, 0.5) is 14.9 Å². The number of carbonyl (C=O) groups is 3. The Kier molecular flexibility index (Phi) is 3.46. The number of ether oxygens (including phenoxy) is 1. The molecule has 0 spiro atoms. The van der Waals surface area contributed by atoms with E-state index in [1.807, 2.05) is 0 Å². The third kappa shape index (κ3) is 2.54. The van der Waals surface area contributed by atoms with Gasteiger partial charge in [0.2, 0.25) is 5.91 Å². The van der Waals surface area contributed by atoms with Crippen LogP contribution in [-0.2, 0) is 9.53 Å². The van der Waals surface area contributed by atoms with E-state index < -0.39 is 23.7 Å². The van der Waals surface area contributed by atoms with Gasteiger partial charge < -0.3 is 4.74 Å². The van der Waals surface area contributed by atoms with Gasteiger partial charge in [0.05, 0.1) is 18.4 Å². The number of esters is 1. The van der Waals surface area contributed by atoms with Crippen molar-refractivity contribution >= 4 is 23.6 Å². The summed E-state index contributed by atoms with van der Waals surface area (Å²) in [7, 11) is 1.21. The standard InChI is InChI=1S/C12H11FN2O4/c1-19-11(17)7-2-3-8(13)9(6-7)15-5-4-10(16)14-12(15)18/h2-3,6H,4-5H2,1H3,(H,14,16,18). The van der Waals surface area contributed by atoms with Gasteiger partial charge in [0, 0.05) is 13.0 Å². The van der Waals surface area contributed by atoms with Crippen LogP contribution < -0.4 is 10.2 Å². The number of benzene rings is 1. The summed E-state index contributed by atoms with van der Waals surface area (Å²) < 4.78 is 18.3. The lowest BCUT2D eigenvalue weighted by Gasteiger charge is -2.27. The number of halogens is 1. The van der Waals surface area contributed by atoms with Crippen molar-refractivity contribution in [3.63, 3.8) is 0 Å². The summed E-state index contributed by atoms with van der Waals surface area (Å²) in [5, 5.41) is 2.08. The molecule has 0 radical (unpaired) electrons. The zero-order valence-corrected chi connectivity index (χ0v) is 10.1. The molecule has 1 aromatic carbocycles. The lowest BCUT2D eigenvalue weighted by molar-refractivity contribution is -0.120. The molecule has 3 amide bonds. The van der Waals surface area contributed by atoms with Crippen LogP contribution in [0.3, 0.4) is 0 Å². The fourth-order valence-corrected chi connectivity index (χ4v) is 1.76. The molecule has 6 nitrogen and oxygen atoms in total. The Hall–Kier alpha value is -2.44. The van der Waals surface area contributed by atoms with Crippen LogP contribution in [0.1, 0.15) is 16.8 Å². The van der Waals surface area contributed by atoms with Gasteiger partial charge in [0.15, 0.2) is 0 Å². The Morgan fingerprint density at radius 2 is 2.16 bits per heavy atom. The second kappa shape index (κ2) is 5.05. The molecule has 100 valence electrons. The molecule has 19 heavy (non-hydrogen) atoms. The maximum Gasteiger partial charge on any atom is 0.337 e. The summed E-state index contributed by atoms with van der Waals surface area (Å²) >= 11 is 0. The van der Waals surface area contributed by atoms with Crippen LogP contribution >= 0.6 is 0 Å². The Morgan fingerprint density at radius 1 is 1.42 bits per heavy atom. The molecule has 0 unspecified atom stereocenters. The third-order valence-electron chi connectivity index (χ3n) is 2.71. The minimum Gasteiger partial charge on any atom is -0.465 e. The molecule has 0 aromatic heterocycles. The van der Waals surface area contributed by atoms with E-state index in [0.29, 0.717) is 0 Å². The molecule has 1 saturated heterocycles. The highest BCUT2D eigenvalue weighted by Crippen LogP contribution is 2.23. The third-order valence-corrected chi connectivity index (χ3v) is 2.71. The lowest BCUT2D eigenvalue weighted by Crippen LogP contribution is -2.49. The van der Waals surface area contributed by atoms with Gasteiger partial charge in [-0.2, -0.15) is 0 Å². The quantitative estimate of drug-likeness (QED) is 0.812. The van der Waals surface area contributed by atoms with E-state index in [9.17, 15) is 18.8 Å². The molecule has 0 saturated carbocycles. The Balaban J connectivity index is 2.35. The van der Waals surface area contributed by atoms with Gasteiger partial charge in [-0.3, -0.25) is 15.0 Å². The van der Waals surface area contributed by atoms with Gasteiger partial charge in [-0.1, -0.05) is 0 Å². The van der Waals surface area contributed by atoms with Crippen LogP contribution in [0, 0.1) is 5.82 Å². The molecular formula is C12H11FN2O4. The number of carbonyl (C=O) groups excluding carboxylic acids is 3. The largest absolute Gasteiger partial charge is 0.465 e. The number of hydrogen-bond donors (Lipinski definition) is 1. The second-order valence-electron chi connectivity index (χ2n) is 3.91. The highest BCUT2D eigenvalue weighted by atomic mass is 19.1. The number of amides is 3. The molecule has 1 aliphatic heterocycles. The van der Waals surface area contributed by atoms with E-state index in [2.05, 4.69) is 10.1 Å². The number of nitrogens with zero attached hydrogens (tertiary/aromatic N) is 1. The fraction of sp³-hybridized carbons (Fsp3) is 0.250. The zero-order valence-electron chi connectivity index (χ0n) is 10.1. The van der Waals surface area contributed by atoms with E-state index in [4.69, 9.17) is 0 Å². The zero-order chi connectivity index (χ0) is 14.0. The molecule has 0 atom stereocenters. The number of anilines is 1. The highest BCUT2D eigenvalue weighted by Gasteiger charge is 2.27. The van der Waals surface area contributed by atoms with Crippen molar-refractivity contribution in [3.05, 3.63) is 29.6 Å². The van der Waals surface area contributed by atoms with E-state index in [1.54, 1.807) is 0 Å². The molecule has 2 rings (SSSR count). The van der Waals surface area contributed by atoms with Gasteiger partial charge in [0.25, 0.3) is 0 Å². The number of urea groups is 1. The van der Waals surface area contributed by atoms with Crippen molar-refractivity contribution in [3.8, 4) is 0 Å².